The van der Waals surface area contributed by atoms with E-state index in [0.717, 1.165) is 29.5 Å². The fraction of sp³-hybridized carbons (Fsp3) is 0.500. The molecule has 1 aliphatic rings. The van der Waals surface area contributed by atoms with E-state index in [9.17, 15) is 9.90 Å². The van der Waals surface area contributed by atoms with Crippen LogP contribution in [0.15, 0.2) is 36.4 Å². The zero-order valence-electron chi connectivity index (χ0n) is 19.4. The Balaban J connectivity index is 2.00. The van der Waals surface area contributed by atoms with Gasteiger partial charge in [-0.25, -0.2) is 4.79 Å². The molecule has 0 aromatic heterocycles. The van der Waals surface area contributed by atoms with Crippen LogP contribution in [0.5, 0.6) is 0 Å². The number of aliphatic hydroxyl groups is 1. The van der Waals surface area contributed by atoms with Crippen LogP contribution in [0.1, 0.15) is 69.7 Å². The normalized spacial score (nSPS) is 19.7. The molecular weight excluding hydrogens is 388 g/mol. The van der Waals surface area contributed by atoms with Gasteiger partial charge in [0.2, 0.25) is 0 Å². The maximum absolute atomic E-state index is 12.6. The van der Waals surface area contributed by atoms with Gasteiger partial charge in [0.1, 0.15) is 6.61 Å². The summed E-state index contributed by atoms with van der Waals surface area (Å²) in [7, 11) is 0. The van der Waals surface area contributed by atoms with Crippen LogP contribution >= 0.6 is 0 Å². The molecule has 2 aromatic rings. The summed E-state index contributed by atoms with van der Waals surface area (Å²) in [4.78, 5) is 12.6. The quantitative estimate of drug-likeness (QED) is 0.532. The largest absolute Gasteiger partial charge is 0.444 e. The number of anilines is 2. The smallest absolute Gasteiger partial charge is 0.411 e. The van der Waals surface area contributed by atoms with E-state index in [-0.39, 0.29) is 24.0 Å². The lowest BCUT2D eigenvalue weighted by Gasteiger charge is -2.47. The van der Waals surface area contributed by atoms with Crippen molar-refractivity contribution < 1.29 is 14.6 Å². The summed E-state index contributed by atoms with van der Waals surface area (Å²) in [6.07, 6.45) is 1.95. The van der Waals surface area contributed by atoms with Crippen molar-refractivity contribution in [1.29, 1.82) is 0 Å². The number of amides is 1. The van der Waals surface area contributed by atoms with Gasteiger partial charge in [-0.2, -0.15) is 0 Å². The third kappa shape index (κ3) is 4.57. The summed E-state index contributed by atoms with van der Waals surface area (Å²) < 4.78 is 5.44. The number of hydrogen-bond donors (Lipinski definition) is 3. The summed E-state index contributed by atoms with van der Waals surface area (Å²) >= 11 is 0. The third-order valence-corrected chi connectivity index (χ3v) is 7.12. The fourth-order valence-corrected chi connectivity index (χ4v) is 4.72. The van der Waals surface area contributed by atoms with Gasteiger partial charge in [0.25, 0.3) is 0 Å². The molecule has 1 amide bonds. The van der Waals surface area contributed by atoms with Crippen molar-refractivity contribution in [2.45, 2.75) is 71.3 Å². The van der Waals surface area contributed by atoms with Crippen LogP contribution in [0.2, 0.25) is 0 Å². The van der Waals surface area contributed by atoms with Crippen LogP contribution in [0.3, 0.4) is 0 Å². The van der Waals surface area contributed by atoms with Crippen molar-refractivity contribution in [2.75, 3.05) is 17.7 Å². The Morgan fingerprint density at radius 1 is 1.19 bits per heavy atom. The molecular formula is C26H36N2O3. The number of ether oxygens (including phenoxy) is 1. The molecule has 0 heterocycles. The van der Waals surface area contributed by atoms with Gasteiger partial charge in [-0.15, -0.1) is 0 Å². The van der Waals surface area contributed by atoms with Crippen molar-refractivity contribution in [3.63, 3.8) is 0 Å². The third-order valence-electron chi connectivity index (χ3n) is 7.12. The first-order chi connectivity index (χ1) is 14.6. The van der Waals surface area contributed by atoms with E-state index in [1.807, 2.05) is 30.3 Å². The summed E-state index contributed by atoms with van der Waals surface area (Å²) in [6, 6.07) is 11.6. The van der Waals surface area contributed by atoms with Crippen LogP contribution in [0, 0.1) is 5.92 Å². The maximum Gasteiger partial charge on any atom is 0.411 e. The van der Waals surface area contributed by atoms with E-state index < -0.39 is 6.09 Å². The van der Waals surface area contributed by atoms with Gasteiger partial charge in [-0.3, -0.25) is 5.32 Å². The van der Waals surface area contributed by atoms with Crippen molar-refractivity contribution in [3.05, 3.63) is 58.7 Å². The number of benzene rings is 2. The molecule has 0 fully saturated rings. The number of carbonyl (C=O) groups is 1. The second-order valence-corrected chi connectivity index (χ2v) is 9.86. The van der Waals surface area contributed by atoms with Gasteiger partial charge in [-0.1, -0.05) is 65.0 Å². The van der Waals surface area contributed by atoms with Crippen LogP contribution in [0.4, 0.5) is 16.2 Å². The van der Waals surface area contributed by atoms with Crippen molar-refractivity contribution in [1.82, 2.24) is 0 Å². The first-order valence-electron chi connectivity index (χ1n) is 11.1. The van der Waals surface area contributed by atoms with Crippen LogP contribution < -0.4 is 11.1 Å². The monoisotopic (exact) mass is 424 g/mol. The Morgan fingerprint density at radius 3 is 2.48 bits per heavy atom. The molecule has 0 saturated heterocycles. The lowest BCUT2D eigenvalue weighted by atomic mass is 9.58. The number of nitrogens with two attached hydrogens (primary N) is 1. The predicted molar refractivity (Wildman–Crippen MR) is 126 cm³/mol. The van der Waals surface area contributed by atoms with Gasteiger partial charge < -0.3 is 15.6 Å². The molecule has 3 rings (SSSR count). The Morgan fingerprint density at radius 2 is 1.87 bits per heavy atom. The van der Waals surface area contributed by atoms with E-state index in [1.54, 1.807) is 0 Å². The Hall–Kier alpha value is -2.53. The molecule has 2 aromatic carbocycles. The highest BCUT2D eigenvalue weighted by molar-refractivity contribution is 5.88. The standard InChI is InChI=1S/C26H36N2O3/c1-17(2)26(5)13-12-25(3,4)22-20(26)15-21(19(11-14-29)23(22)27)28-24(30)31-16-18-9-7-6-8-10-18/h6-10,15,17,29H,11-14,16,27H2,1-5H3,(H,28,30). The Labute approximate surface area is 186 Å². The molecule has 0 saturated carbocycles. The predicted octanol–water partition coefficient (Wildman–Crippen LogP) is 5.54. The molecule has 0 aliphatic heterocycles. The van der Waals surface area contributed by atoms with Crippen LogP contribution in [-0.4, -0.2) is 17.8 Å². The van der Waals surface area contributed by atoms with Gasteiger partial charge in [0.05, 0.1) is 0 Å². The molecule has 168 valence electrons. The number of carbonyl (C=O) groups excluding carboxylic acids is 1. The summed E-state index contributed by atoms with van der Waals surface area (Å²) in [6.45, 7) is 11.4. The summed E-state index contributed by atoms with van der Waals surface area (Å²) in [5.41, 5.74) is 12.0. The van der Waals surface area contributed by atoms with Crippen LogP contribution in [-0.2, 0) is 28.6 Å². The van der Waals surface area contributed by atoms with E-state index >= 15 is 0 Å². The second kappa shape index (κ2) is 8.91. The average molecular weight is 425 g/mol. The zero-order chi connectivity index (χ0) is 22.8. The van der Waals surface area contributed by atoms with Crippen molar-refractivity contribution in [2.24, 2.45) is 5.92 Å². The molecule has 1 aliphatic carbocycles. The minimum absolute atomic E-state index is 0.0406. The number of rotatable bonds is 6. The topological polar surface area (TPSA) is 84.6 Å². The first-order valence-corrected chi connectivity index (χ1v) is 11.1. The molecule has 4 N–H and O–H groups in total. The lowest BCUT2D eigenvalue weighted by molar-refractivity contribution is 0.155. The van der Waals surface area contributed by atoms with E-state index in [0.29, 0.717) is 23.7 Å². The van der Waals surface area contributed by atoms with Gasteiger partial charge in [-0.05, 0) is 58.8 Å². The lowest BCUT2D eigenvalue weighted by Crippen LogP contribution is -2.40. The van der Waals surface area contributed by atoms with E-state index in [2.05, 4.69) is 46.0 Å². The molecule has 1 atom stereocenters. The van der Waals surface area contributed by atoms with Gasteiger partial charge in [0, 0.05) is 23.5 Å². The van der Waals surface area contributed by atoms with Gasteiger partial charge in [0.15, 0.2) is 0 Å². The Bertz CT molecular complexity index is 937. The molecule has 5 heteroatoms. The average Bonchev–Trinajstić information content (AvgIpc) is 2.72. The number of fused-ring (bicyclic) bond motifs is 1. The minimum atomic E-state index is -0.524. The SMILES string of the molecule is CC(C)C1(C)CCC(C)(C)c2c1cc(NC(=O)OCc1ccccc1)c(CCO)c2N. The number of nitrogen functional groups attached to an aromatic ring is 1. The number of hydrogen-bond acceptors (Lipinski definition) is 4. The zero-order valence-corrected chi connectivity index (χ0v) is 19.4. The van der Waals surface area contributed by atoms with Crippen molar-refractivity contribution in [3.8, 4) is 0 Å². The maximum atomic E-state index is 12.6. The van der Waals surface area contributed by atoms with Crippen molar-refractivity contribution >= 4 is 17.5 Å². The molecule has 0 radical (unpaired) electrons. The fourth-order valence-electron chi connectivity index (χ4n) is 4.72. The minimum Gasteiger partial charge on any atom is -0.444 e. The summed E-state index contributed by atoms with van der Waals surface area (Å²) in [5.74, 6) is 0.420. The summed E-state index contributed by atoms with van der Waals surface area (Å²) in [5, 5.41) is 12.6. The first kappa shape index (κ1) is 23.1. The van der Waals surface area contributed by atoms with E-state index in [4.69, 9.17) is 10.5 Å². The highest BCUT2D eigenvalue weighted by Crippen LogP contribution is 2.53. The molecule has 1 unspecified atom stereocenters. The Kier molecular flexibility index (Phi) is 6.65. The highest BCUT2D eigenvalue weighted by Gasteiger charge is 2.43. The molecule has 5 nitrogen and oxygen atoms in total. The second-order valence-electron chi connectivity index (χ2n) is 9.86. The number of nitrogens with one attached hydrogen (secondary N) is 1. The van der Waals surface area contributed by atoms with Gasteiger partial charge >= 0.3 is 6.09 Å². The molecule has 0 spiro atoms. The molecule has 31 heavy (non-hydrogen) atoms. The highest BCUT2D eigenvalue weighted by atomic mass is 16.5. The van der Waals surface area contributed by atoms with E-state index in [1.165, 1.54) is 5.56 Å². The number of aliphatic hydroxyl groups excluding tert-OH is 1. The van der Waals surface area contributed by atoms with Crippen LogP contribution in [0.25, 0.3) is 0 Å². The molecule has 0 bridgehead atoms.